The molecule has 0 saturated heterocycles. The summed E-state index contributed by atoms with van der Waals surface area (Å²) >= 11 is 11.5. The van der Waals surface area contributed by atoms with E-state index in [1.54, 1.807) is 0 Å². The molecule has 0 amide bonds. The average Bonchev–Trinajstić information content (AvgIpc) is 3.00. The SMILES string of the molecule is CNc1c(C2(C(=O)O)CC2(F)F)c(C#N)nn1-c1c(Cl)cc(S(F)(F)(F)(F)F)cc1Cl. The number of aliphatic carboxylic acids is 1. The molecule has 0 bridgehead atoms. The Hall–Kier alpha value is -2.37. The second kappa shape index (κ2) is 5.90. The van der Waals surface area contributed by atoms with Gasteiger partial charge in [-0.15, -0.1) is 0 Å². The number of nitrogens with one attached hydrogen (secondary N) is 1. The van der Waals surface area contributed by atoms with Gasteiger partial charge in [0.15, 0.2) is 11.1 Å². The third kappa shape index (κ3) is 3.44. The first-order chi connectivity index (χ1) is 13.8. The second-order valence-electron chi connectivity index (χ2n) is 6.64. The van der Waals surface area contributed by atoms with E-state index in [0.29, 0.717) is 4.68 Å². The Morgan fingerprint density at radius 3 is 2.06 bits per heavy atom. The predicted octanol–water partition coefficient (Wildman–Crippen LogP) is 6.11. The standard InChI is InChI=1S/C15H9Cl2F7N4O2S/c1-26-12-10(14(13(29)30)5-15(14,18)19)9(4-25)27-28(12)11-7(16)2-6(3-8(11)17)31(20,21,22,23)24/h2-3,26H,5H2,1H3,(H,29,30). The lowest BCUT2D eigenvalue weighted by Crippen LogP contribution is -2.28. The molecule has 1 heterocycles. The summed E-state index contributed by atoms with van der Waals surface area (Å²) in [5, 5.41) is 22.7. The fraction of sp³-hybridized carbons (Fsp3) is 0.267. The van der Waals surface area contributed by atoms with E-state index in [1.165, 1.54) is 6.07 Å². The van der Waals surface area contributed by atoms with Gasteiger partial charge >= 0.3 is 16.2 Å². The molecule has 1 aliphatic carbocycles. The van der Waals surface area contributed by atoms with Gasteiger partial charge < -0.3 is 10.4 Å². The molecule has 170 valence electrons. The van der Waals surface area contributed by atoms with Crippen LogP contribution in [0.1, 0.15) is 17.7 Å². The Balaban J connectivity index is 2.34. The number of anilines is 1. The minimum atomic E-state index is -10.2. The van der Waals surface area contributed by atoms with Crippen molar-refractivity contribution in [2.45, 2.75) is 22.7 Å². The van der Waals surface area contributed by atoms with Gasteiger partial charge in [-0.2, -0.15) is 10.4 Å². The number of carboxylic acids is 1. The first-order valence-electron chi connectivity index (χ1n) is 7.87. The van der Waals surface area contributed by atoms with E-state index in [1.807, 2.05) is 0 Å². The van der Waals surface area contributed by atoms with Gasteiger partial charge in [-0.3, -0.25) is 4.79 Å². The number of benzene rings is 1. The Morgan fingerprint density at radius 2 is 1.74 bits per heavy atom. The maximum atomic E-state index is 14.0. The fourth-order valence-corrected chi connectivity index (χ4v) is 4.62. The van der Waals surface area contributed by atoms with Crippen molar-refractivity contribution in [1.29, 1.82) is 5.26 Å². The van der Waals surface area contributed by atoms with Crippen LogP contribution in [0.2, 0.25) is 10.0 Å². The fourth-order valence-electron chi connectivity index (χ4n) is 3.16. The molecular formula is C15H9Cl2F7N4O2S. The van der Waals surface area contributed by atoms with E-state index in [4.69, 9.17) is 23.2 Å². The zero-order valence-electron chi connectivity index (χ0n) is 14.9. The van der Waals surface area contributed by atoms with Crippen LogP contribution >= 0.6 is 33.4 Å². The molecule has 16 heteroatoms. The summed E-state index contributed by atoms with van der Waals surface area (Å²) in [7, 11) is -9.05. The van der Waals surface area contributed by atoms with Crippen LogP contribution in [0.25, 0.3) is 5.69 Å². The normalized spacial score (nSPS) is 22.2. The lowest BCUT2D eigenvalue weighted by atomic mass is 9.94. The minimum Gasteiger partial charge on any atom is -0.480 e. The van der Waals surface area contributed by atoms with E-state index in [9.17, 15) is 43.4 Å². The lowest BCUT2D eigenvalue weighted by Gasteiger charge is -2.40. The molecule has 1 aliphatic rings. The summed E-state index contributed by atoms with van der Waals surface area (Å²) in [4.78, 5) is 9.22. The third-order valence-corrected chi connectivity index (χ3v) is 6.36. The maximum absolute atomic E-state index is 14.0. The van der Waals surface area contributed by atoms with E-state index in [0.717, 1.165) is 7.05 Å². The zero-order chi connectivity index (χ0) is 23.8. The smallest absolute Gasteiger partial charge is 0.320 e. The molecule has 1 unspecified atom stereocenters. The molecule has 1 atom stereocenters. The molecule has 2 N–H and O–H groups in total. The molecule has 6 nitrogen and oxygen atoms in total. The van der Waals surface area contributed by atoms with Crippen LogP contribution in [0.15, 0.2) is 17.0 Å². The number of nitrogens with zero attached hydrogens (tertiary/aromatic N) is 3. The van der Waals surface area contributed by atoms with Crippen LogP contribution < -0.4 is 5.32 Å². The summed E-state index contributed by atoms with van der Waals surface area (Å²) in [5.74, 6) is -6.28. The highest BCUT2D eigenvalue weighted by Crippen LogP contribution is 3.02. The van der Waals surface area contributed by atoms with Crippen LogP contribution in [-0.4, -0.2) is 33.8 Å². The predicted molar refractivity (Wildman–Crippen MR) is 98.1 cm³/mol. The van der Waals surface area contributed by atoms with Gasteiger partial charge in [-0.25, -0.2) is 13.5 Å². The monoisotopic (exact) mass is 512 g/mol. The Kier molecular flexibility index (Phi) is 4.43. The van der Waals surface area contributed by atoms with Crippen LogP contribution in [0, 0.1) is 11.3 Å². The molecule has 0 aliphatic heterocycles. The number of nitriles is 1. The summed E-state index contributed by atoms with van der Waals surface area (Å²) in [5.41, 5.74) is -5.05. The average molecular weight is 513 g/mol. The summed E-state index contributed by atoms with van der Waals surface area (Å²) in [6.45, 7) is 0. The summed E-state index contributed by atoms with van der Waals surface area (Å²) in [6.07, 6.45) is -1.17. The van der Waals surface area contributed by atoms with Gasteiger partial charge in [-0.1, -0.05) is 42.6 Å². The van der Waals surface area contributed by atoms with Crippen molar-refractivity contribution in [3.8, 4) is 11.8 Å². The van der Waals surface area contributed by atoms with Gasteiger partial charge in [0.25, 0.3) is 5.92 Å². The number of rotatable bonds is 5. The number of hydrogen-bond donors (Lipinski definition) is 2. The minimum absolute atomic E-state index is 0.129. The van der Waals surface area contributed by atoms with Gasteiger partial charge in [-0.05, 0) is 12.1 Å². The largest absolute Gasteiger partial charge is 0.480 e. The zero-order valence-corrected chi connectivity index (χ0v) is 17.2. The number of carboxylic acid groups (broad SMARTS) is 1. The van der Waals surface area contributed by atoms with Gasteiger partial charge in [0.1, 0.15) is 22.5 Å². The molecule has 1 fully saturated rings. The first kappa shape index (κ1) is 23.3. The molecule has 0 radical (unpaired) electrons. The van der Waals surface area contributed by atoms with E-state index >= 15 is 0 Å². The van der Waals surface area contributed by atoms with Crippen molar-refractivity contribution in [3.05, 3.63) is 33.4 Å². The molecule has 31 heavy (non-hydrogen) atoms. The van der Waals surface area contributed by atoms with Crippen molar-refractivity contribution in [2.75, 3.05) is 12.4 Å². The number of carbonyl (C=O) groups is 1. The Bertz CT molecular complexity index is 1170. The van der Waals surface area contributed by atoms with Crippen molar-refractivity contribution < 1.29 is 38.1 Å². The summed E-state index contributed by atoms with van der Waals surface area (Å²) in [6, 6.07) is 1.18. The molecule has 1 saturated carbocycles. The Morgan fingerprint density at radius 1 is 1.26 bits per heavy atom. The summed E-state index contributed by atoms with van der Waals surface area (Å²) < 4.78 is 94.1. The highest BCUT2D eigenvalue weighted by Gasteiger charge is 2.79. The molecule has 1 aromatic heterocycles. The van der Waals surface area contributed by atoms with Crippen molar-refractivity contribution in [1.82, 2.24) is 9.78 Å². The quantitative estimate of drug-likeness (QED) is 0.471. The third-order valence-electron chi connectivity index (χ3n) is 4.65. The lowest BCUT2D eigenvalue weighted by molar-refractivity contribution is -0.142. The first-order valence-corrected chi connectivity index (χ1v) is 10.6. The van der Waals surface area contributed by atoms with Crippen LogP contribution in [-0.2, 0) is 10.2 Å². The second-order valence-corrected chi connectivity index (χ2v) is 9.87. The van der Waals surface area contributed by atoms with Crippen LogP contribution in [0.5, 0.6) is 0 Å². The van der Waals surface area contributed by atoms with Crippen LogP contribution in [0.3, 0.4) is 0 Å². The van der Waals surface area contributed by atoms with Gasteiger partial charge in [0, 0.05) is 13.5 Å². The molecule has 0 spiro atoms. The molecule has 3 rings (SSSR count). The highest BCUT2D eigenvalue weighted by molar-refractivity contribution is 8.45. The number of aromatic nitrogens is 2. The van der Waals surface area contributed by atoms with E-state index in [2.05, 4.69) is 10.4 Å². The number of alkyl halides is 2. The van der Waals surface area contributed by atoms with Crippen LogP contribution in [0.4, 0.5) is 34.0 Å². The van der Waals surface area contributed by atoms with E-state index in [-0.39, 0.29) is 12.1 Å². The van der Waals surface area contributed by atoms with Crippen molar-refractivity contribution in [3.63, 3.8) is 0 Å². The maximum Gasteiger partial charge on any atom is 0.320 e. The van der Waals surface area contributed by atoms with Crippen molar-refractivity contribution >= 4 is 45.2 Å². The number of hydrogen-bond acceptors (Lipinski definition) is 4. The number of halogens is 9. The Labute approximate surface area is 178 Å². The highest BCUT2D eigenvalue weighted by atomic mass is 35.5. The molecule has 1 aromatic carbocycles. The van der Waals surface area contributed by atoms with Crippen molar-refractivity contribution in [2.24, 2.45) is 0 Å². The van der Waals surface area contributed by atoms with Gasteiger partial charge in [0.05, 0.1) is 15.6 Å². The molecule has 2 aromatic rings. The topological polar surface area (TPSA) is 90.9 Å². The van der Waals surface area contributed by atoms with Gasteiger partial charge in [0.2, 0.25) is 0 Å². The molecular weight excluding hydrogens is 504 g/mol. The van der Waals surface area contributed by atoms with E-state index < -0.39 is 71.7 Å².